The molecule has 1 saturated heterocycles. The maximum absolute atomic E-state index is 5.33. The number of piperidine rings is 1. The average molecular weight is 416 g/mol. The number of pyridine rings is 1. The van der Waals surface area contributed by atoms with E-state index < -0.39 is 0 Å². The number of nitrogens with zero attached hydrogens (tertiary/aromatic N) is 8. The van der Waals surface area contributed by atoms with E-state index in [2.05, 4.69) is 40.9 Å². The van der Waals surface area contributed by atoms with Crippen LogP contribution in [0.2, 0.25) is 0 Å². The summed E-state index contributed by atoms with van der Waals surface area (Å²) in [6, 6.07) is 14.0. The summed E-state index contributed by atoms with van der Waals surface area (Å²) in [7, 11) is 1.67. The standard InChI is InChI=1S/C22H24N8O/c1-31-19-7-5-18(6-8-19)30-21(16-29-24-12-13-25-29)26-27-22(30)17-9-14-28(15-10-17)20-4-2-3-11-23-20/h2-8,11-13,17H,9-10,14-16H2,1H3. The summed E-state index contributed by atoms with van der Waals surface area (Å²) in [5.41, 5.74) is 1.01. The van der Waals surface area contributed by atoms with Crippen molar-refractivity contribution in [2.24, 2.45) is 0 Å². The molecular weight excluding hydrogens is 392 g/mol. The Morgan fingerprint density at radius 3 is 2.39 bits per heavy atom. The van der Waals surface area contributed by atoms with Gasteiger partial charge in [0.1, 0.15) is 23.9 Å². The smallest absolute Gasteiger partial charge is 0.161 e. The molecule has 1 fully saturated rings. The second-order valence-electron chi connectivity index (χ2n) is 7.52. The number of hydrogen-bond acceptors (Lipinski definition) is 7. The predicted octanol–water partition coefficient (Wildman–Crippen LogP) is 2.69. The van der Waals surface area contributed by atoms with Crippen molar-refractivity contribution < 1.29 is 4.74 Å². The Morgan fingerprint density at radius 1 is 0.935 bits per heavy atom. The van der Waals surface area contributed by atoms with E-state index in [1.807, 2.05) is 42.6 Å². The van der Waals surface area contributed by atoms with Crippen molar-refractivity contribution in [1.82, 2.24) is 34.7 Å². The van der Waals surface area contributed by atoms with Gasteiger partial charge in [-0.1, -0.05) is 6.07 Å². The van der Waals surface area contributed by atoms with Crippen LogP contribution >= 0.6 is 0 Å². The van der Waals surface area contributed by atoms with Crippen LogP contribution in [0.4, 0.5) is 5.82 Å². The van der Waals surface area contributed by atoms with Crippen molar-refractivity contribution in [1.29, 1.82) is 0 Å². The van der Waals surface area contributed by atoms with Crippen LogP contribution in [0.3, 0.4) is 0 Å². The average Bonchev–Trinajstić information content (AvgIpc) is 3.50. The zero-order valence-corrected chi connectivity index (χ0v) is 17.4. The first-order valence-corrected chi connectivity index (χ1v) is 10.4. The number of aromatic nitrogens is 7. The van der Waals surface area contributed by atoms with E-state index in [-0.39, 0.29) is 0 Å². The van der Waals surface area contributed by atoms with E-state index in [4.69, 9.17) is 4.74 Å². The number of benzene rings is 1. The number of hydrogen-bond donors (Lipinski definition) is 0. The van der Waals surface area contributed by atoms with Crippen molar-refractivity contribution in [2.75, 3.05) is 25.1 Å². The minimum atomic E-state index is 0.314. The number of ether oxygens (including phenoxy) is 1. The highest BCUT2D eigenvalue weighted by molar-refractivity contribution is 5.41. The van der Waals surface area contributed by atoms with Crippen molar-refractivity contribution >= 4 is 5.82 Å². The van der Waals surface area contributed by atoms with E-state index in [0.717, 1.165) is 54.8 Å². The van der Waals surface area contributed by atoms with Crippen LogP contribution in [-0.2, 0) is 6.54 Å². The van der Waals surface area contributed by atoms with Gasteiger partial charge in [-0.3, -0.25) is 4.57 Å². The molecule has 9 heteroatoms. The van der Waals surface area contributed by atoms with Crippen molar-refractivity contribution in [2.45, 2.75) is 25.3 Å². The Kier molecular flexibility index (Phi) is 5.30. The van der Waals surface area contributed by atoms with E-state index in [1.165, 1.54) is 0 Å². The highest BCUT2D eigenvalue weighted by Gasteiger charge is 2.27. The molecule has 4 heterocycles. The number of anilines is 1. The highest BCUT2D eigenvalue weighted by atomic mass is 16.5. The van der Waals surface area contributed by atoms with Gasteiger partial charge >= 0.3 is 0 Å². The number of methoxy groups -OCH3 is 1. The molecule has 0 radical (unpaired) electrons. The molecule has 3 aromatic heterocycles. The summed E-state index contributed by atoms with van der Waals surface area (Å²) in [5.74, 6) is 3.95. The lowest BCUT2D eigenvalue weighted by atomic mass is 9.95. The van der Waals surface area contributed by atoms with Gasteiger partial charge in [0.05, 0.1) is 19.5 Å². The van der Waals surface area contributed by atoms with Gasteiger partial charge in [-0.25, -0.2) is 4.98 Å². The fourth-order valence-corrected chi connectivity index (χ4v) is 4.07. The van der Waals surface area contributed by atoms with Gasteiger partial charge < -0.3 is 9.64 Å². The number of rotatable bonds is 6. The minimum absolute atomic E-state index is 0.314. The van der Waals surface area contributed by atoms with Gasteiger partial charge in [0.2, 0.25) is 0 Å². The lowest BCUT2D eigenvalue weighted by molar-refractivity contribution is 0.414. The lowest BCUT2D eigenvalue weighted by Crippen LogP contribution is -2.34. The van der Waals surface area contributed by atoms with E-state index in [1.54, 1.807) is 24.3 Å². The fraction of sp³-hybridized carbons (Fsp3) is 0.318. The van der Waals surface area contributed by atoms with Crippen molar-refractivity contribution in [3.8, 4) is 11.4 Å². The van der Waals surface area contributed by atoms with Gasteiger partial charge in [0.25, 0.3) is 0 Å². The normalized spacial score (nSPS) is 14.7. The predicted molar refractivity (Wildman–Crippen MR) is 115 cm³/mol. The maximum atomic E-state index is 5.33. The minimum Gasteiger partial charge on any atom is -0.497 e. The maximum Gasteiger partial charge on any atom is 0.161 e. The summed E-state index contributed by atoms with van der Waals surface area (Å²) >= 11 is 0. The first-order chi connectivity index (χ1) is 15.3. The Hall–Kier alpha value is -3.75. The van der Waals surface area contributed by atoms with Crippen LogP contribution in [0.25, 0.3) is 5.69 Å². The summed E-state index contributed by atoms with van der Waals surface area (Å²) < 4.78 is 7.47. The molecule has 31 heavy (non-hydrogen) atoms. The molecule has 9 nitrogen and oxygen atoms in total. The molecule has 0 aliphatic carbocycles. The lowest BCUT2D eigenvalue weighted by Gasteiger charge is -2.32. The molecule has 0 amide bonds. The van der Waals surface area contributed by atoms with E-state index >= 15 is 0 Å². The van der Waals surface area contributed by atoms with E-state index in [9.17, 15) is 0 Å². The van der Waals surface area contributed by atoms with Gasteiger partial charge in [-0.15, -0.1) is 10.2 Å². The van der Waals surface area contributed by atoms with Crippen molar-refractivity contribution in [3.05, 3.63) is 72.7 Å². The topological polar surface area (TPSA) is 86.8 Å². The molecule has 0 spiro atoms. The molecule has 4 aromatic rings. The van der Waals surface area contributed by atoms with Crippen LogP contribution in [0.15, 0.2) is 61.1 Å². The second-order valence-corrected chi connectivity index (χ2v) is 7.52. The SMILES string of the molecule is COc1ccc(-n2c(Cn3nccn3)nnc2C2CCN(c3ccccn3)CC2)cc1. The molecule has 5 rings (SSSR count). The Balaban J connectivity index is 1.43. The molecule has 0 N–H and O–H groups in total. The molecule has 1 aliphatic rings. The molecule has 0 atom stereocenters. The van der Waals surface area contributed by atoms with E-state index in [0.29, 0.717) is 12.5 Å². The summed E-state index contributed by atoms with van der Waals surface area (Å²) in [6.07, 6.45) is 7.16. The summed E-state index contributed by atoms with van der Waals surface area (Å²) in [5, 5.41) is 17.6. The molecule has 1 aromatic carbocycles. The largest absolute Gasteiger partial charge is 0.497 e. The third-order valence-electron chi connectivity index (χ3n) is 5.67. The quantitative estimate of drug-likeness (QED) is 0.478. The van der Waals surface area contributed by atoms with Gasteiger partial charge in [0, 0.05) is 30.9 Å². The zero-order valence-electron chi connectivity index (χ0n) is 17.4. The van der Waals surface area contributed by atoms with Gasteiger partial charge in [-0.05, 0) is 49.2 Å². The zero-order chi connectivity index (χ0) is 21.0. The molecule has 1 aliphatic heterocycles. The van der Waals surface area contributed by atoms with Crippen LogP contribution in [0, 0.1) is 0 Å². The van der Waals surface area contributed by atoms with Crippen LogP contribution in [0.5, 0.6) is 5.75 Å². The third-order valence-corrected chi connectivity index (χ3v) is 5.67. The Bertz CT molecular complexity index is 1100. The second kappa shape index (κ2) is 8.55. The molecule has 0 unspecified atom stereocenters. The van der Waals surface area contributed by atoms with Crippen LogP contribution in [-0.4, -0.2) is 54.9 Å². The Labute approximate surface area is 180 Å². The van der Waals surface area contributed by atoms with Crippen LogP contribution in [0.1, 0.15) is 30.4 Å². The summed E-state index contributed by atoms with van der Waals surface area (Å²) in [6.45, 7) is 2.33. The fourth-order valence-electron chi connectivity index (χ4n) is 4.07. The summed E-state index contributed by atoms with van der Waals surface area (Å²) in [4.78, 5) is 8.45. The first kappa shape index (κ1) is 19.2. The molecule has 158 valence electrons. The van der Waals surface area contributed by atoms with Crippen LogP contribution < -0.4 is 9.64 Å². The molecular formula is C22H24N8O. The Morgan fingerprint density at radius 2 is 1.71 bits per heavy atom. The highest BCUT2D eigenvalue weighted by Crippen LogP contribution is 2.31. The van der Waals surface area contributed by atoms with Crippen molar-refractivity contribution in [3.63, 3.8) is 0 Å². The third kappa shape index (κ3) is 3.98. The van der Waals surface area contributed by atoms with Gasteiger partial charge in [-0.2, -0.15) is 15.0 Å². The molecule has 0 bridgehead atoms. The molecule has 0 saturated carbocycles. The first-order valence-electron chi connectivity index (χ1n) is 10.4. The van der Waals surface area contributed by atoms with Gasteiger partial charge in [0.15, 0.2) is 5.82 Å². The monoisotopic (exact) mass is 416 g/mol.